The SMILES string of the molecule is O.O=C(c1ccc(C(=O)N2c3ccccc32)cc1)N1c2ccccc21. The molecule has 3 aromatic rings. The van der Waals surface area contributed by atoms with Gasteiger partial charge in [-0.1, -0.05) is 24.3 Å². The molecule has 2 aliphatic heterocycles. The maximum absolute atomic E-state index is 12.5. The molecule has 0 unspecified atom stereocenters. The molecule has 0 atom stereocenters. The highest BCUT2D eigenvalue weighted by atomic mass is 16.2. The Hall–Kier alpha value is -3.44. The average molecular weight is 330 g/mol. The fourth-order valence-corrected chi connectivity index (χ4v) is 3.06. The molecule has 2 amide bonds. The van der Waals surface area contributed by atoms with Gasteiger partial charge in [-0.25, -0.2) is 0 Å². The number of rotatable bonds is 2. The van der Waals surface area contributed by atoms with Gasteiger partial charge in [0, 0.05) is 11.1 Å². The van der Waals surface area contributed by atoms with Crippen molar-refractivity contribution in [3.05, 3.63) is 83.9 Å². The van der Waals surface area contributed by atoms with Crippen molar-refractivity contribution in [3.63, 3.8) is 0 Å². The first-order chi connectivity index (χ1) is 11.8. The summed E-state index contributed by atoms with van der Waals surface area (Å²) in [4.78, 5) is 28.4. The zero-order chi connectivity index (χ0) is 16.3. The van der Waals surface area contributed by atoms with Crippen molar-refractivity contribution in [1.82, 2.24) is 0 Å². The Bertz CT molecular complexity index is 883. The van der Waals surface area contributed by atoms with Gasteiger partial charge in [-0.05, 0) is 48.5 Å². The minimum atomic E-state index is -0.0646. The van der Waals surface area contributed by atoms with Crippen LogP contribution in [0.15, 0.2) is 72.8 Å². The van der Waals surface area contributed by atoms with Gasteiger partial charge in [0.2, 0.25) is 0 Å². The summed E-state index contributed by atoms with van der Waals surface area (Å²) in [5.41, 5.74) is 4.94. The Balaban J connectivity index is 0.00000157. The Morgan fingerprint density at radius 1 is 0.520 bits per heavy atom. The zero-order valence-corrected chi connectivity index (χ0v) is 13.1. The van der Waals surface area contributed by atoms with Gasteiger partial charge < -0.3 is 5.48 Å². The molecule has 0 bridgehead atoms. The van der Waals surface area contributed by atoms with Gasteiger partial charge in [-0.2, -0.15) is 0 Å². The van der Waals surface area contributed by atoms with E-state index in [1.54, 1.807) is 34.1 Å². The molecule has 5 rings (SSSR count). The van der Waals surface area contributed by atoms with Crippen LogP contribution in [0.3, 0.4) is 0 Å². The Morgan fingerprint density at radius 3 is 1.08 bits per heavy atom. The van der Waals surface area contributed by atoms with Gasteiger partial charge in [0.1, 0.15) is 0 Å². The number of anilines is 4. The number of para-hydroxylation sites is 4. The van der Waals surface area contributed by atoms with E-state index in [9.17, 15) is 9.59 Å². The molecule has 5 nitrogen and oxygen atoms in total. The molecule has 0 aliphatic carbocycles. The van der Waals surface area contributed by atoms with Crippen LogP contribution >= 0.6 is 0 Å². The molecule has 2 N–H and O–H groups in total. The van der Waals surface area contributed by atoms with Gasteiger partial charge in [0.15, 0.2) is 0 Å². The van der Waals surface area contributed by atoms with Crippen LogP contribution in [0.5, 0.6) is 0 Å². The van der Waals surface area contributed by atoms with Crippen molar-refractivity contribution in [3.8, 4) is 0 Å². The molecule has 0 fully saturated rings. The normalized spacial score (nSPS) is 12.6. The number of nitrogens with zero attached hydrogens (tertiary/aromatic N) is 2. The molecule has 0 radical (unpaired) electrons. The van der Waals surface area contributed by atoms with E-state index in [0.29, 0.717) is 11.1 Å². The lowest BCUT2D eigenvalue weighted by Crippen LogP contribution is -2.15. The zero-order valence-electron chi connectivity index (χ0n) is 13.1. The predicted octanol–water partition coefficient (Wildman–Crippen LogP) is 3.45. The van der Waals surface area contributed by atoms with Crippen molar-refractivity contribution >= 4 is 34.6 Å². The number of fused-ring (bicyclic) bond motifs is 2. The summed E-state index contributed by atoms with van der Waals surface area (Å²) >= 11 is 0. The number of benzene rings is 3. The molecule has 122 valence electrons. The summed E-state index contributed by atoms with van der Waals surface area (Å²) < 4.78 is 0. The van der Waals surface area contributed by atoms with Gasteiger partial charge >= 0.3 is 0 Å². The highest BCUT2D eigenvalue weighted by molar-refractivity contribution is 6.23. The largest absolute Gasteiger partial charge is 0.412 e. The fraction of sp³-hybridized carbons (Fsp3) is 0. The van der Waals surface area contributed by atoms with E-state index in [2.05, 4.69) is 0 Å². The monoisotopic (exact) mass is 330 g/mol. The van der Waals surface area contributed by atoms with Crippen molar-refractivity contribution in [2.24, 2.45) is 0 Å². The maximum Gasteiger partial charge on any atom is 0.262 e. The highest BCUT2D eigenvalue weighted by Gasteiger charge is 2.36. The van der Waals surface area contributed by atoms with E-state index in [4.69, 9.17) is 0 Å². The number of amides is 2. The molecule has 2 heterocycles. The van der Waals surface area contributed by atoms with E-state index in [1.807, 2.05) is 48.5 Å². The highest BCUT2D eigenvalue weighted by Crippen LogP contribution is 2.49. The standard InChI is InChI=1S/C20H12N2O2.H2O/c23-19(21-15-5-1-2-6-16(15)21)13-9-11-14(12-10-13)20(24)22-17-7-3-4-8-18(17)22;/h1-12H;1H2. The fourth-order valence-electron chi connectivity index (χ4n) is 3.06. The second kappa shape index (κ2) is 5.29. The lowest BCUT2D eigenvalue weighted by atomic mass is 10.1. The minimum Gasteiger partial charge on any atom is -0.412 e. The van der Waals surface area contributed by atoms with Crippen molar-refractivity contribution in [1.29, 1.82) is 0 Å². The first-order valence-electron chi connectivity index (χ1n) is 7.73. The summed E-state index contributed by atoms with van der Waals surface area (Å²) in [6.07, 6.45) is 0. The van der Waals surface area contributed by atoms with Crippen LogP contribution < -0.4 is 9.80 Å². The second-order valence-corrected chi connectivity index (χ2v) is 5.84. The third-order valence-corrected chi connectivity index (χ3v) is 4.41. The third kappa shape index (κ3) is 2.21. The molecule has 2 aliphatic rings. The number of hydrogen-bond acceptors (Lipinski definition) is 2. The van der Waals surface area contributed by atoms with Crippen molar-refractivity contribution < 1.29 is 15.1 Å². The first-order valence-corrected chi connectivity index (χ1v) is 7.73. The molecule has 0 aromatic heterocycles. The summed E-state index contributed by atoms with van der Waals surface area (Å²) in [6.45, 7) is 0. The van der Waals surface area contributed by atoms with Crippen LogP contribution in [0.25, 0.3) is 0 Å². The van der Waals surface area contributed by atoms with Gasteiger partial charge in [-0.3, -0.25) is 19.4 Å². The van der Waals surface area contributed by atoms with Crippen molar-refractivity contribution in [2.45, 2.75) is 0 Å². The Labute approximate surface area is 144 Å². The predicted molar refractivity (Wildman–Crippen MR) is 95.9 cm³/mol. The number of carbonyl (C=O) groups excluding carboxylic acids is 2. The topological polar surface area (TPSA) is 71.7 Å². The lowest BCUT2D eigenvalue weighted by Gasteiger charge is -2.05. The van der Waals surface area contributed by atoms with E-state index >= 15 is 0 Å². The van der Waals surface area contributed by atoms with Crippen molar-refractivity contribution in [2.75, 3.05) is 9.80 Å². The maximum atomic E-state index is 12.5. The second-order valence-electron chi connectivity index (χ2n) is 5.84. The van der Waals surface area contributed by atoms with Gasteiger partial charge in [0.25, 0.3) is 11.8 Å². The van der Waals surface area contributed by atoms with Crippen LogP contribution in [0, 0.1) is 0 Å². The Morgan fingerprint density at radius 2 is 0.800 bits per heavy atom. The van der Waals surface area contributed by atoms with Crippen LogP contribution in [0.4, 0.5) is 22.7 Å². The van der Waals surface area contributed by atoms with E-state index in [1.165, 1.54) is 0 Å². The first kappa shape index (κ1) is 15.1. The van der Waals surface area contributed by atoms with Gasteiger partial charge in [-0.15, -0.1) is 0 Å². The van der Waals surface area contributed by atoms with Crippen LogP contribution in [0.1, 0.15) is 20.7 Å². The summed E-state index contributed by atoms with van der Waals surface area (Å²) in [5, 5.41) is 0. The number of hydrogen-bond donors (Lipinski definition) is 0. The molecule has 0 spiro atoms. The van der Waals surface area contributed by atoms with Crippen LogP contribution in [0.2, 0.25) is 0 Å². The molecule has 0 saturated heterocycles. The summed E-state index contributed by atoms with van der Waals surface area (Å²) in [7, 11) is 0. The molecule has 3 aromatic carbocycles. The summed E-state index contributed by atoms with van der Waals surface area (Å²) in [5.74, 6) is -0.129. The molecular weight excluding hydrogens is 316 g/mol. The smallest absolute Gasteiger partial charge is 0.262 e. The molecule has 0 saturated carbocycles. The van der Waals surface area contributed by atoms with Gasteiger partial charge in [0.05, 0.1) is 22.7 Å². The molecule has 5 heteroatoms. The molecule has 25 heavy (non-hydrogen) atoms. The number of carbonyl (C=O) groups is 2. The third-order valence-electron chi connectivity index (χ3n) is 4.41. The minimum absolute atomic E-state index is 0. The van der Waals surface area contributed by atoms with Crippen LogP contribution in [-0.4, -0.2) is 17.3 Å². The van der Waals surface area contributed by atoms with Crippen LogP contribution in [-0.2, 0) is 0 Å². The van der Waals surface area contributed by atoms with E-state index < -0.39 is 0 Å². The average Bonchev–Trinajstić information content (AvgIpc) is 3.53. The molecular formula is C20H14N2O3. The lowest BCUT2D eigenvalue weighted by molar-refractivity contribution is 0.0995. The van der Waals surface area contributed by atoms with E-state index in [0.717, 1.165) is 22.7 Å². The quantitative estimate of drug-likeness (QED) is 0.675. The summed E-state index contributed by atoms with van der Waals surface area (Å²) in [6, 6.07) is 22.2. The van der Waals surface area contributed by atoms with E-state index in [-0.39, 0.29) is 17.3 Å². The Kier molecular flexibility index (Phi) is 3.20.